The van der Waals surface area contributed by atoms with Crippen LogP contribution >= 0.6 is 11.3 Å². The van der Waals surface area contributed by atoms with Gasteiger partial charge in [0.05, 0.1) is 37.7 Å². The number of anilines is 1. The molecule has 7 nitrogen and oxygen atoms in total. The Hall–Kier alpha value is -0.610. The third-order valence-electron chi connectivity index (χ3n) is 1.99. The average Bonchev–Trinajstić information content (AvgIpc) is 2.61. The first-order valence-corrected chi connectivity index (χ1v) is 7.79. The Labute approximate surface area is 130 Å². The highest BCUT2D eigenvalue weighted by molar-refractivity contribution is 7.87. The Morgan fingerprint density at radius 3 is 2.55 bits per heavy atom. The molecule has 2 unspecified atom stereocenters. The molecule has 1 rings (SSSR count). The van der Waals surface area contributed by atoms with Crippen molar-refractivity contribution < 1.29 is 31.0 Å². The zero-order valence-electron chi connectivity index (χ0n) is 11.8. The van der Waals surface area contributed by atoms with Crippen LogP contribution < -0.4 is 17.7 Å². The number of carbonyl (C=O) groups excluding carboxylic acids is 1. The van der Waals surface area contributed by atoms with Crippen LogP contribution in [-0.2, 0) is 15.6 Å². The van der Waals surface area contributed by atoms with Crippen LogP contribution in [0.4, 0.5) is 5.13 Å². The maximum absolute atomic E-state index is 12.0. The highest BCUT2D eigenvalue weighted by Crippen LogP contribution is 2.19. The van der Waals surface area contributed by atoms with E-state index >= 15 is 0 Å². The fourth-order valence-electron chi connectivity index (χ4n) is 1.43. The number of aliphatic hydroxyl groups excluding tert-OH is 1. The van der Waals surface area contributed by atoms with E-state index in [0.717, 1.165) is 11.3 Å². The zero-order valence-corrected chi connectivity index (χ0v) is 14.2. The molecule has 0 saturated heterocycles. The predicted molar refractivity (Wildman–Crippen MR) is 74.4 cm³/mol. The third-order valence-corrected chi connectivity index (χ3v) is 4.59. The minimum Gasteiger partial charge on any atom is -1.00 e. The van der Waals surface area contributed by atoms with Gasteiger partial charge in [-0.3, -0.25) is 9.00 Å². The minimum atomic E-state index is -1.41. The van der Waals surface area contributed by atoms with Crippen LogP contribution in [0.2, 0.25) is 0 Å². The fourth-order valence-corrected chi connectivity index (χ4v) is 3.50. The molecule has 0 aliphatic carbocycles. The summed E-state index contributed by atoms with van der Waals surface area (Å²) in [7, 11) is 4.44. The standard InChI is InChI=1S/C10H18N4O3S2.ClH/c1-7(15)11-9-12-13-10(18-9)19(17)6-8(16)5-14(2,3)4;/h8,16H,5-6H2,1-4H3;1H. The molecule has 1 heterocycles. The van der Waals surface area contributed by atoms with E-state index in [-0.39, 0.29) is 24.1 Å². The highest BCUT2D eigenvalue weighted by Gasteiger charge is 2.21. The summed E-state index contributed by atoms with van der Waals surface area (Å²) in [6.45, 7) is 1.87. The number of halogens is 1. The molecule has 0 aliphatic rings. The second kappa shape index (κ2) is 7.99. The van der Waals surface area contributed by atoms with Crippen molar-refractivity contribution in [2.24, 2.45) is 0 Å². The normalized spacial score (nSPS) is 14.2. The van der Waals surface area contributed by atoms with Crippen LogP contribution in [0.5, 0.6) is 0 Å². The van der Waals surface area contributed by atoms with E-state index < -0.39 is 16.9 Å². The number of carbonyl (C=O) groups is 1. The van der Waals surface area contributed by atoms with Crippen molar-refractivity contribution in [2.45, 2.75) is 17.4 Å². The van der Waals surface area contributed by atoms with Gasteiger partial charge in [0.25, 0.3) is 0 Å². The molecule has 2 N–H and O–H groups in total. The van der Waals surface area contributed by atoms with E-state index in [0.29, 0.717) is 20.5 Å². The Kier molecular flexibility index (Phi) is 7.74. The SMILES string of the molecule is CC(=O)Nc1nnc(S(=O)CC(O)C[N+](C)(C)C)s1.[Cl-]. The van der Waals surface area contributed by atoms with Gasteiger partial charge in [-0.1, -0.05) is 11.3 Å². The number of likely N-dealkylation sites (N-methyl/N-ethyl adjacent to an activating group) is 1. The van der Waals surface area contributed by atoms with Gasteiger partial charge in [-0.25, -0.2) is 0 Å². The number of aliphatic hydroxyl groups is 1. The first-order chi connectivity index (χ1) is 8.67. The van der Waals surface area contributed by atoms with Crippen molar-refractivity contribution in [1.29, 1.82) is 0 Å². The molecule has 2 atom stereocenters. The van der Waals surface area contributed by atoms with Gasteiger partial charge in [-0.2, -0.15) is 0 Å². The van der Waals surface area contributed by atoms with E-state index in [1.807, 2.05) is 21.1 Å². The van der Waals surface area contributed by atoms with E-state index in [4.69, 9.17) is 0 Å². The Bertz CT molecular complexity index is 475. The monoisotopic (exact) mass is 342 g/mol. The number of hydrogen-bond acceptors (Lipinski definition) is 6. The summed E-state index contributed by atoms with van der Waals surface area (Å²) in [6, 6.07) is 0. The van der Waals surface area contributed by atoms with Crippen LogP contribution in [0.3, 0.4) is 0 Å². The lowest BCUT2D eigenvalue weighted by molar-refractivity contribution is -0.873. The summed E-state index contributed by atoms with van der Waals surface area (Å²) in [5, 5.41) is 20.1. The number of rotatable bonds is 6. The molecule has 0 fully saturated rings. The quantitative estimate of drug-likeness (QED) is 0.417. The number of nitrogens with one attached hydrogen (secondary N) is 1. The lowest BCUT2D eigenvalue weighted by atomic mass is 10.3. The Morgan fingerprint density at radius 2 is 2.05 bits per heavy atom. The molecule has 1 amide bonds. The number of amides is 1. The van der Waals surface area contributed by atoms with Crippen molar-refractivity contribution in [3.05, 3.63) is 0 Å². The molecule has 0 spiro atoms. The molecule has 1 aromatic rings. The van der Waals surface area contributed by atoms with Crippen molar-refractivity contribution in [3.8, 4) is 0 Å². The van der Waals surface area contributed by atoms with Gasteiger partial charge in [0.2, 0.25) is 15.4 Å². The molecule has 1 aromatic heterocycles. The first-order valence-electron chi connectivity index (χ1n) is 5.65. The Balaban J connectivity index is 0.00000361. The lowest BCUT2D eigenvalue weighted by Gasteiger charge is -2.26. The van der Waals surface area contributed by atoms with Gasteiger partial charge in [0, 0.05) is 6.92 Å². The molecular formula is C10H19ClN4O3S2. The Morgan fingerprint density at radius 1 is 1.45 bits per heavy atom. The summed E-state index contributed by atoms with van der Waals surface area (Å²) in [5.41, 5.74) is 0. The second-order valence-electron chi connectivity index (χ2n) is 5.19. The van der Waals surface area contributed by atoms with Crippen molar-refractivity contribution in [3.63, 3.8) is 0 Å². The molecule has 0 saturated carbocycles. The summed E-state index contributed by atoms with van der Waals surface area (Å²) in [5.74, 6) is -0.136. The topological polar surface area (TPSA) is 92.2 Å². The number of hydrogen-bond donors (Lipinski definition) is 2. The summed E-state index contributed by atoms with van der Waals surface area (Å²) in [6.07, 6.45) is -0.672. The predicted octanol–water partition coefficient (Wildman–Crippen LogP) is -3.32. The van der Waals surface area contributed by atoms with Gasteiger partial charge in [0.15, 0.2) is 0 Å². The third kappa shape index (κ3) is 7.25. The van der Waals surface area contributed by atoms with Gasteiger partial charge < -0.3 is 27.3 Å². The summed E-state index contributed by atoms with van der Waals surface area (Å²) in [4.78, 5) is 10.8. The first kappa shape index (κ1) is 19.4. The van der Waals surface area contributed by atoms with E-state index in [1.165, 1.54) is 6.92 Å². The highest BCUT2D eigenvalue weighted by atomic mass is 35.5. The van der Waals surface area contributed by atoms with Crippen LogP contribution in [0.1, 0.15) is 6.92 Å². The molecule has 0 radical (unpaired) electrons. The molecule has 0 aliphatic heterocycles. The number of quaternary nitrogens is 1. The molecule has 0 bridgehead atoms. The molecule has 116 valence electrons. The zero-order chi connectivity index (χ0) is 14.6. The van der Waals surface area contributed by atoms with Crippen LogP contribution in [-0.4, -0.2) is 69.4 Å². The smallest absolute Gasteiger partial charge is 0.223 e. The van der Waals surface area contributed by atoms with Crippen LogP contribution in [0, 0.1) is 0 Å². The molecule has 0 aromatic carbocycles. The minimum absolute atomic E-state index is 0. The van der Waals surface area contributed by atoms with E-state index in [1.54, 1.807) is 0 Å². The summed E-state index contributed by atoms with van der Waals surface area (Å²) < 4.78 is 12.9. The molecular weight excluding hydrogens is 324 g/mol. The van der Waals surface area contributed by atoms with Gasteiger partial charge in [0.1, 0.15) is 12.6 Å². The van der Waals surface area contributed by atoms with Gasteiger partial charge in [-0.05, 0) is 0 Å². The summed E-state index contributed by atoms with van der Waals surface area (Å²) >= 11 is 1.06. The second-order valence-corrected chi connectivity index (χ2v) is 7.84. The van der Waals surface area contributed by atoms with Crippen LogP contribution in [0.15, 0.2) is 4.34 Å². The largest absolute Gasteiger partial charge is 1.00 e. The van der Waals surface area contributed by atoms with Crippen LogP contribution in [0.25, 0.3) is 0 Å². The molecule has 10 heteroatoms. The van der Waals surface area contributed by atoms with Gasteiger partial charge >= 0.3 is 0 Å². The van der Waals surface area contributed by atoms with E-state index in [9.17, 15) is 14.1 Å². The average molecular weight is 343 g/mol. The maximum atomic E-state index is 12.0. The maximum Gasteiger partial charge on any atom is 0.223 e. The van der Waals surface area contributed by atoms with Crippen molar-refractivity contribution in [2.75, 3.05) is 38.8 Å². The van der Waals surface area contributed by atoms with E-state index in [2.05, 4.69) is 15.5 Å². The molecule has 20 heavy (non-hydrogen) atoms. The van der Waals surface area contributed by atoms with Crippen molar-refractivity contribution >= 4 is 33.2 Å². The lowest BCUT2D eigenvalue weighted by Crippen LogP contribution is -3.00. The van der Waals surface area contributed by atoms with Gasteiger partial charge in [-0.15, -0.1) is 10.2 Å². The fraction of sp³-hybridized carbons (Fsp3) is 0.700. The van der Waals surface area contributed by atoms with Crippen molar-refractivity contribution in [1.82, 2.24) is 10.2 Å². The number of nitrogens with zero attached hydrogens (tertiary/aromatic N) is 3. The number of aromatic nitrogens is 2.